The Labute approximate surface area is 161 Å². The summed E-state index contributed by atoms with van der Waals surface area (Å²) in [6.07, 6.45) is 1.45. The van der Waals surface area contributed by atoms with Gasteiger partial charge in [0.25, 0.3) is 10.0 Å². The zero-order valence-corrected chi connectivity index (χ0v) is 17.8. The first-order valence-electron chi connectivity index (χ1n) is 8.39. The third-order valence-corrected chi connectivity index (χ3v) is 7.83. The molecular weight excluding hydrogens is 382 g/mol. The maximum Gasteiger partial charge on any atom is 0.252 e. The normalized spacial score (nSPS) is 14.0. The van der Waals surface area contributed by atoms with E-state index in [1.807, 2.05) is 33.8 Å². The van der Waals surface area contributed by atoms with Crippen LogP contribution in [0.5, 0.6) is 0 Å². The van der Waals surface area contributed by atoms with Gasteiger partial charge in [-0.2, -0.15) is 4.31 Å². The molecule has 0 saturated heterocycles. The molecule has 0 saturated carbocycles. The minimum absolute atomic E-state index is 0. The summed E-state index contributed by atoms with van der Waals surface area (Å²) >= 11 is 1.26. The summed E-state index contributed by atoms with van der Waals surface area (Å²) in [5.41, 5.74) is 5.88. The van der Waals surface area contributed by atoms with Gasteiger partial charge in [0.2, 0.25) is 5.91 Å². The average Bonchev–Trinajstić information content (AvgIpc) is 3.03. The van der Waals surface area contributed by atoms with E-state index in [1.165, 1.54) is 15.6 Å². The van der Waals surface area contributed by atoms with Gasteiger partial charge in [0.05, 0.1) is 6.04 Å². The van der Waals surface area contributed by atoms with Crippen LogP contribution < -0.4 is 11.1 Å². The molecule has 1 amide bonds. The number of hydrogen-bond acceptors (Lipinski definition) is 5. The first-order chi connectivity index (χ1) is 11.3. The molecule has 1 heterocycles. The Morgan fingerprint density at radius 2 is 1.88 bits per heavy atom. The number of amides is 1. The fourth-order valence-electron chi connectivity index (χ4n) is 2.26. The van der Waals surface area contributed by atoms with Crippen LogP contribution in [0.2, 0.25) is 0 Å². The van der Waals surface area contributed by atoms with Crippen molar-refractivity contribution in [2.24, 2.45) is 11.7 Å². The predicted molar refractivity (Wildman–Crippen MR) is 106 cm³/mol. The number of rotatable bonds is 10. The number of nitrogens with zero attached hydrogens (tertiary/aromatic N) is 1. The van der Waals surface area contributed by atoms with E-state index in [1.54, 1.807) is 6.07 Å². The quantitative estimate of drug-likeness (QED) is 0.617. The molecule has 1 aromatic heterocycles. The van der Waals surface area contributed by atoms with Crippen molar-refractivity contribution in [1.29, 1.82) is 0 Å². The number of carbonyl (C=O) groups is 1. The van der Waals surface area contributed by atoms with Gasteiger partial charge in [-0.1, -0.05) is 34.1 Å². The Bertz CT molecular complexity index is 630. The zero-order chi connectivity index (χ0) is 18.3. The minimum Gasteiger partial charge on any atom is -0.354 e. The first-order valence-corrected chi connectivity index (χ1v) is 10.7. The average molecular weight is 412 g/mol. The Morgan fingerprint density at radius 3 is 2.40 bits per heavy atom. The zero-order valence-electron chi connectivity index (χ0n) is 15.3. The summed E-state index contributed by atoms with van der Waals surface area (Å²) < 4.78 is 26.7. The van der Waals surface area contributed by atoms with Crippen LogP contribution in [0, 0.1) is 5.92 Å². The number of thiophene rings is 1. The molecule has 0 aromatic carbocycles. The van der Waals surface area contributed by atoms with Gasteiger partial charge in [0.1, 0.15) is 4.21 Å². The van der Waals surface area contributed by atoms with E-state index < -0.39 is 16.1 Å². The highest BCUT2D eigenvalue weighted by atomic mass is 35.5. The summed E-state index contributed by atoms with van der Waals surface area (Å²) in [6.45, 7) is 8.96. The summed E-state index contributed by atoms with van der Waals surface area (Å²) in [5.74, 6) is -0.0190. The van der Waals surface area contributed by atoms with Crippen molar-refractivity contribution in [2.45, 2.75) is 50.8 Å². The van der Waals surface area contributed by atoms with Crippen molar-refractivity contribution in [3.63, 3.8) is 0 Å². The number of sulfonamides is 1. The molecule has 146 valence electrons. The fraction of sp³-hybridized carbons (Fsp3) is 0.688. The van der Waals surface area contributed by atoms with Crippen molar-refractivity contribution in [2.75, 3.05) is 19.6 Å². The summed E-state index contributed by atoms with van der Waals surface area (Å²) in [6, 6.07) is 2.94. The lowest BCUT2D eigenvalue weighted by atomic mass is 9.99. The monoisotopic (exact) mass is 411 g/mol. The van der Waals surface area contributed by atoms with Crippen LogP contribution in [0.25, 0.3) is 0 Å². The molecule has 0 spiro atoms. The Kier molecular flexibility index (Phi) is 10.8. The van der Waals surface area contributed by atoms with Crippen LogP contribution in [0.4, 0.5) is 0 Å². The third-order valence-electron chi connectivity index (χ3n) is 4.17. The standard InChI is InChI=1S/C16H29N3O3S2.ClH/c1-5-12(4)15(17)16(20)18-11-10-13-8-9-14(23-13)24(21,22)19(6-2)7-3;/h8-9,12,15H,5-7,10-11,17H2,1-4H3,(H,18,20);1H. The molecule has 0 radical (unpaired) electrons. The molecule has 2 atom stereocenters. The van der Waals surface area contributed by atoms with Gasteiger partial charge in [-0.25, -0.2) is 8.42 Å². The van der Waals surface area contributed by atoms with Gasteiger partial charge in [0.15, 0.2) is 0 Å². The van der Waals surface area contributed by atoms with E-state index in [4.69, 9.17) is 5.73 Å². The lowest BCUT2D eigenvalue weighted by Crippen LogP contribution is -2.45. The molecule has 0 aliphatic rings. The summed E-state index contributed by atoms with van der Waals surface area (Å²) in [7, 11) is -3.41. The Hall–Kier alpha value is -0.670. The highest BCUT2D eigenvalue weighted by molar-refractivity contribution is 7.91. The number of nitrogens with two attached hydrogens (primary N) is 1. The van der Waals surface area contributed by atoms with Gasteiger partial charge in [0, 0.05) is 24.5 Å². The van der Waals surface area contributed by atoms with Gasteiger partial charge in [-0.05, 0) is 24.5 Å². The SMILES string of the molecule is CCC(C)C(N)C(=O)NCCc1ccc(S(=O)(=O)N(CC)CC)s1.Cl. The Morgan fingerprint density at radius 1 is 1.28 bits per heavy atom. The largest absolute Gasteiger partial charge is 0.354 e. The number of nitrogens with one attached hydrogen (secondary N) is 1. The molecule has 0 fully saturated rings. The van der Waals surface area contributed by atoms with Crippen molar-refractivity contribution in [3.8, 4) is 0 Å². The molecule has 2 unspecified atom stereocenters. The molecule has 1 aromatic rings. The third kappa shape index (κ3) is 6.53. The van der Waals surface area contributed by atoms with Crippen LogP contribution in [-0.4, -0.2) is 44.3 Å². The molecule has 3 N–H and O–H groups in total. The van der Waals surface area contributed by atoms with E-state index in [0.717, 1.165) is 11.3 Å². The summed E-state index contributed by atoms with van der Waals surface area (Å²) in [5, 5.41) is 2.82. The molecule has 0 bridgehead atoms. The molecule has 25 heavy (non-hydrogen) atoms. The lowest BCUT2D eigenvalue weighted by Gasteiger charge is -2.17. The van der Waals surface area contributed by atoms with E-state index in [2.05, 4.69) is 5.32 Å². The Balaban J connectivity index is 0.00000576. The molecule has 0 aliphatic heterocycles. The maximum atomic E-state index is 12.4. The van der Waals surface area contributed by atoms with E-state index in [9.17, 15) is 13.2 Å². The van der Waals surface area contributed by atoms with Gasteiger partial charge >= 0.3 is 0 Å². The van der Waals surface area contributed by atoms with Gasteiger partial charge in [-0.15, -0.1) is 23.7 Å². The second-order valence-electron chi connectivity index (χ2n) is 5.76. The van der Waals surface area contributed by atoms with Crippen molar-refractivity contribution in [1.82, 2.24) is 9.62 Å². The first kappa shape index (κ1) is 24.3. The number of carbonyl (C=O) groups excluding carboxylic acids is 1. The molecule has 6 nitrogen and oxygen atoms in total. The van der Waals surface area contributed by atoms with Crippen LogP contribution in [0.1, 0.15) is 39.0 Å². The fourth-order valence-corrected chi connectivity index (χ4v) is 5.23. The smallest absolute Gasteiger partial charge is 0.252 e. The van der Waals surface area contributed by atoms with Gasteiger partial charge < -0.3 is 11.1 Å². The van der Waals surface area contributed by atoms with E-state index >= 15 is 0 Å². The molecule has 1 rings (SSSR count). The van der Waals surface area contributed by atoms with Crippen LogP contribution in [-0.2, 0) is 21.2 Å². The van der Waals surface area contributed by atoms with Crippen LogP contribution in [0.15, 0.2) is 16.3 Å². The van der Waals surface area contributed by atoms with Crippen molar-refractivity contribution < 1.29 is 13.2 Å². The van der Waals surface area contributed by atoms with Crippen molar-refractivity contribution >= 4 is 39.7 Å². The minimum atomic E-state index is -3.41. The second-order valence-corrected chi connectivity index (χ2v) is 9.10. The topological polar surface area (TPSA) is 92.5 Å². The van der Waals surface area contributed by atoms with Crippen LogP contribution >= 0.6 is 23.7 Å². The number of halogens is 1. The van der Waals surface area contributed by atoms with Crippen LogP contribution in [0.3, 0.4) is 0 Å². The predicted octanol–water partition coefficient (Wildman–Crippen LogP) is 2.23. The number of hydrogen-bond donors (Lipinski definition) is 2. The van der Waals surface area contributed by atoms with E-state index in [-0.39, 0.29) is 24.2 Å². The molecular formula is C16H30ClN3O3S2. The highest BCUT2D eigenvalue weighted by Gasteiger charge is 2.23. The van der Waals surface area contributed by atoms with Gasteiger partial charge in [-0.3, -0.25) is 4.79 Å². The van der Waals surface area contributed by atoms with E-state index in [0.29, 0.717) is 30.3 Å². The maximum absolute atomic E-state index is 12.4. The lowest BCUT2D eigenvalue weighted by molar-refractivity contribution is -0.123. The highest BCUT2D eigenvalue weighted by Crippen LogP contribution is 2.25. The van der Waals surface area contributed by atoms with Crippen molar-refractivity contribution in [3.05, 3.63) is 17.0 Å². The molecule has 0 aliphatic carbocycles. The molecule has 9 heteroatoms. The second kappa shape index (κ2) is 11.1. The summed E-state index contributed by atoms with van der Waals surface area (Å²) in [4.78, 5) is 12.9.